The summed E-state index contributed by atoms with van der Waals surface area (Å²) in [5.74, 6) is 0.602. The number of amides is 1. The van der Waals surface area contributed by atoms with Gasteiger partial charge in [0.05, 0.1) is 11.2 Å². The molecule has 1 aromatic rings. The van der Waals surface area contributed by atoms with Gasteiger partial charge in [-0.3, -0.25) is 10.2 Å². The van der Waals surface area contributed by atoms with Crippen molar-refractivity contribution in [3.63, 3.8) is 0 Å². The number of nitrogens with one attached hydrogen (secondary N) is 3. The monoisotopic (exact) mass is 341 g/mol. The van der Waals surface area contributed by atoms with Gasteiger partial charge in [0.15, 0.2) is 6.10 Å². The predicted molar refractivity (Wildman–Crippen MR) is 85.4 cm³/mol. The van der Waals surface area contributed by atoms with E-state index in [4.69, 9.17) is 16.3 Å². The van der Waals surface area contributed by atoms with Crippen LogP contribution in [0.25, 0.3) is 0 Å². The highest BCUT2D eigenvalue weighted by atomic mass is 35.5. The summed E-state index contributed by atoms with van der Waals surface area (Å²) in [5, 5.41) is 3.08. The largest absolute Gasteiger partial charge is 0.479 e. The van der Waals surface area contributed by atoms with Gasteiger partial charge in [-0.05, 0) is 43.9 Å². The maximum atomic E-state index is 13.0. The van der Waals surface area contributed by atoms with E-state index in [1.807, 2.05) is 0 Å². The van der Waals surface area contributed by atoms with E-state index in [9.17, 15) is 9.18 Å². The zero-order valence-corrected chi connectivity index (χ0v) is 13.9. The average molecular weight is 342 g/mol. The van der Waals surface area contributed by atoms with Gasteiger partial charge in [-0.2, -0.15) is 0 Å². The predicted octanol–water partition coefficient (Wildman–Crippen LogP) is 2.21. The van der Waals surface area contributed by atoms with Crippen molar-refractivity contribution >= 4 is 17.5 Å². The maximum Gasteiger partial charge on any atom is 0.262 e. The highest BCUT2D eigenvalue weighted by Crippen LogP contribution is 2.37. The van der Waals surface area contributed by atoms with Gasteiger partial charge in [0.1, 0.15) is 11.6 Å². The van der Waals surface area contributed by atoms with Crippen LogP contribution in [0.4, 0.5) is 4.39 Å². The van der Waals surface area contributed by atoms with E-state index in [2.05, 4.69) is 23.1 Å². The van der Waals surface area contributed by atoms with Crippen molar-refractivity contribution in [1.82, 2.24) is 16.2 Å². The second-order valence-electron chi connectivity index (χ2n) is 6.33. The Labute approximate surface area is 139 Å². The fraction of sp³-hybridized carbons (Fsp3) is 0.562. The van der Waals surface area contributed by atoms with Crippen LogP contribution in [0.1, 0.15) is 26.7 Å². The van der Waals surface area contributed by atoms with Crippen LogP contribution in [0.15, 0.2) is 18.2 Å². The van der Waals surface area contributed by atoms with Crippen LogP contribution in [0.3, 0.4) is 0 Å². The molecule has 3 N–H and O–H groups in total. The zero-order valence-electron chi connectivity index (χ0n) is 13.1. The Morgan fingerprint density at radius 3 is 2.83 bits per heavy atom. The summed E-state index contributed by atoms with van der Waals surface area (Å²) in [6, 6.07) is 4.22. The van der Waals surface area contributed by atoms with E-state index < -0.39 is 11.9 Å². The fourth-order valence-electron chi connectivity index (χ4n) is 2.91. The normalized spacial score (nSPS) is 28.4. The van der Waals surface area contributed by atoms with E-state index >= 15 is 0 Å². The third kappa shape index (κ3) is 3.76. The Morgan fingerprint density at radius 1 is 1.43 bits per heavy atom. The Bertz CT molecular complexity index is 597. The van der Waals surface area contributed by atoms with Crippen molar-refractivity contribution in [2.75, 3.05) is 0 Å². The van der Waals surface area contributed by atoms with Crippen molar-refractivity contribution in [2.45, 2.75) is 45.0 Å². The number of hydrogen-bond acceptors (Lipinski definition) is 4. The summed E-state index contributed by atoms with van der Waals surface area (Å²) < 4.78 is 18.6. The maximum absolute atomic E-state index is 13.0. The zero-order chi connectivity index (χ0) is 16.6. The fourth-order valence-corrected chi connectivity index (χ4v) is 3.12. The second kappa shape index (κ2) is 6.63. The molecule has 2 fully saturated rings. The van der Waals surface area contributed by atoms with Gasteiger partial charge in [-0.15, -0.1) is 0 Å². The first-order valence-electron chi connectivity index (χ1n) is 7.89. The lowest BCUT2D eigenvalue weighted by atomic mass is 9.97. The highest BCUT2D eigenvalue weighted by Gasteiger charge is 2.42. The van der Waals surface area contributed by atoms with Crippen LogP contribution in [-0.4, -0.2) is 24.2 Å². The Hall–Kier alpha value is -1.37. The lowest BCUT2D eigenvalue weighted by Crippen LogP contribution is -2.50. The van der Waals surface area contributed by atoms with E-state index in [1.54, 1.807) is 6.92 Å². The van der Waals surface area contributed by atoms with Crippen molar-refractivity contribution in [3.8, 4) is 5.75 Å². The molecule has 1 saturated heterocycles. The summed E-state index contributed by atoms with van der Waals surface area (Å²) in [6.07, 6.45) is 1.62. The molecule has 1 aliphatic heterocycles. The molecular weight excluding hydrogens is 321 g/mol. The minimum Gasteiger partial charge on any atom is -0.479 e. The highest BCUT2D eigenvalue weighted by molar-refractivity contribution is 6.32. The number of ether oxygens (including phenoxy) is 1. The third-order valence-corrected chi connectivity index (χ3v) is 4.79. The number of rotatable bonds is 5. The molecule has 0 aromatic heterocycles. The molecule has 1 aliphatic carbocycles. The number of benzene rings is 1. The van der Waals surface area contributed by atoms with E-state index in [0.717, 1.165) is 6.07 Å². The van der Waals surface area contributed by atoms with Crippen LogP contribution in [0, 0.1) is 17.7 Å². The summed E-state index contributed by atoms with van der Waals surface area (Å²) in [5.41, 5.74) is 6.39. The van der Waals surface area contributed by atoms with Gasteiger partial charge in [-0.1, -0.05) is 18.5 Å². The summed E-state index contributed by atoms with van der Waals surface area (Å²) >= 11 is 5.91. The lowest BCUT2D eigenvalue weighted by Gasteiger charge is -2.22. The van der Waals surface area contributed by atoms with Crippen molar-refractivity contribution in [3.05, 3.63) is 29.0 Å². The van der Waals surface area contributed by atoms with Crippen LogP contribution in [0.2, 0.25) is 5.02 Å². The Balaban J connectivity index is 1.55. The summed E-state index contributed by atoms with van der Waals surface area (Å²) in [7, 11) is 0. The van der Waals surface area contributed by atoms with E-state index in [1.165, 1.54) is 25.0 Å². The summed E-state index contributed by atoms with van der Waals surface area (Å²) in [4.78, 5) is 12.3. The van der Waals surface area contributed by atoms with Crippen molar-refractivity contribution in [2.24, 2.45) is 11.8 Å². The molecule has 1 amide bonds. The first kappa shape index (κ1) is 16.5. The van der Waals surface area contributed by atoms with E-state index in [0.29, 0.717) is 17.9 Å². The van der Waals surface area contributed by atoms with Gasteiger partial charge < -0.3 is 10.1 Å². The molecule has 5 nitrogen and oxygen atoms in total. The first-order chi connectivity index (χ1) is 11.0. The van der Waals surface area contributed by atoms with Crippen LogP contribution >= 0.6 is 11.6 Å². The standard InChI is InChI=1S/C16H21ClFN3O2/c1-8-14(10-3-4-10)20-21-15(8)19-16(22)9(2)23-13-6-5-11(18)7-12(13)17/h5-10,14-15,20-21H,3-4H2,1-2H3,(H,19,22). The molecule has 0 bridgehead atoms. The Kier molecular flexibility index (Phi) is 4.75. The first-order valence-corrected chi connectivity index (χ1v) is 8.26. The minimum atomic E-state index is -0.730. The molecule has 3 rings (SSSR count). The molecule has 1 saturated carbocycles. The topological polar surface area (TPSA) is 62.4 Å². The van der Waals surface area contributed by atoms with Gasteiger partial charge in [0.25, 0.3) is 5.91 Å². The molecule has 1 aromatic carbocycles. The van der Waals surface area contributed by atoms with Gasteiger partial charge in [0, 0.05) is 12.0 Å². The van der Waals surface area contributed by atoms with Crippen molar-refractivity contribution in [1.29, 1.82) is 0 Å². The molecule has 2 aliphatic rings. The number of carbonyl (C=O) groups excluding carboxylic acids is 1. The molecule has 0 radical (unpaired) electrons. The molecule has 7 heteroatoms. The Morgan fingerprint density at radius 2 is 2.17 bits per heavy atom. The quantitative estimate of drug-likeness (QED) is 0.768. The smallest absolute Gasteiger partial charge is 0.262 e. The molecule has 23 heavy (non-hydrogen) atoms. The molecule has 4 unspecified atom stereocenters. The minimum absolute atomic E-state index is 0.136. The van der Waals surface area contributed by atoms with Gasteiger partial charge in [0.2, 0.25) is 0 Å². The van der Waals surface area contributed by atoms with Crippen LogP contribution < -0.4 is 20.9 Å². The average Bonchev–Trinajstić information content (AvgIpc) is 3.28. The van der Waals surface area contributed by atoms with Gasteiger partial charge in [-0.25, -0.2) is 9.82 Å². The number of hydrogen-bond donors (Lipinski definition) is 3. The van der Waals surface area contributed by atoms with Crippen LogP contribution in [-0.2, 0) is 4.79 Å². The number of hydrazine groups is 1. The third-order valence-electron chi connectivity index (χ3n) is 4.49. The molecule has 126 valence electrons. The summed E-state index contributed by atoms with van der Waals surface area (Å²) in [6.45, 7) is 3.75. The number of carbonyl (C=O) groups is 1. The van der Waals surface area contributed by atoms with E-state index in [-0.39, 0.29) is 22.8 Å². The SMILES string of the molecule is CC(Oc1ccc(F)cc1Cl)C(=O)NC1NNC(C2CC2)C1C. The second-order valence-corrected chi connectivity index (χ2v) is 6.74. The molecule has 1 heterocycles. The molecule has 4 atom stereocenters. The van der Waals surface area contributed by atoms with Crippen LogP contribution in [0.5, 0.6) is 5.75 Å². The van der Waals surface area contributed by atoms with Gasteiger partial charge >= 0.3 is 0 Å². The van der Waals surface area contributed by atoms with Crippen molar-refractivity contribution < 1.29 is 13.9 Å². The molecular formula is C16H21ClFN3O2. The lowest BCUT2D eigenvalue weighted by molar-refractivity contribution is -0.128. The number of halogens is 2. The molecule has 0 spiro atoms.